The average Bonchev–Trinajstić information content (AvgIpc) is 2.68. The van der Waals surface area contributed by atoms with Gasteiger partial charge in [-0.15, -0.1) is 0 Å². The summed E-state index contributed by atoms with van der Waals surface area (Å²) in [4.78, 5) is 22.0. The summed E-state index contributed by atoms with van der Waals surface area (Å²) in [5.74, 6) is 0. The number of nitrogens with zero attached hydrogens (tertiary/aromatic N) is 3. The number of benzene rings is 2. The molecule has 4 rings (SSSR count). The van der Waals surface area contributed by atoms with Crippen molar-refractivity contribution < 1.29 is 0 Å². The third-order valence-corrected chi connectivity index (χ3v) is 5.33. The maximum absolute atomic E-state index is 12.7. The lowest BCUT2D eigenvalue weighted by molar-refractivity contribution is 0.941. The minimum Gasteiger partial charge on any atom is -0.269 e. The molecule has 2 aromatic carbocycles. The quantitative estimate of drug-likeness (QED) is 0.329. The first-order chi connectivity index (χ1) is 13.1. The van der Waals surface area contributed by atoms with E-state index < -0.39 is 0 Å². The largest absolute Gasteiger partial charge is 0.269 e. The molecule has 2 heterocycles. The molecule has 0 fully saturated rings. The molecule has 0 spiro atoms. The zero-order chi connectivity index (χ0) is 19.0. The molecule has 0 aliphatic rings. The number of thioether (sulfide) groups is 1. The van der Waals surface area contributed by atoms with Crippen molar-refractivity contribution in [2.45, 2.75) is 5.16 Å². The van der Waals surface area contributed by atoms with E-state index in [0.717, 1.165) is 10.9 Å². The Morgan fingerprint density at radius 1 is 0.889 bits per heavy atom. The molecule has 0 aliphatic carbocycles. The van der Waals surface area contributed by atoms with E-state index in [1.54, 1.807) is 18.2 Å². The highest BCUT2D eigenvalue weighted by atomic mass is 35.5. The standard InChI is InChI=1S/C20H13Cl2N3OS/c1-27-20-23-18(12-6-2-3-7-14(12)21)13-10-11-17(26)25(19(13)24-20)16-9-5-4-8-15(16)22/h2-11H,1H3. The van der Waals surface area contributed by atoms with Crippen molar-refractivity contribution in [1.29, 1.82) is 0 Å². The second-order valence-electron chi connectivity index (χ2n) is 5.73. The summed E-state index contributed by atoms with van der Waals surface area (Å²) in [6, 6.07) is 17.9. The molecule has 0 bridgehead atoms. The molecule has 2 aromatic heterocycles. The van der Waals surface area contributed by atoms with Gasteiger partial charge in [-0.3, -0.25) is 9.36 Å². The molecule has 0 amide bonds. The van der Waals surface area contributed by atoms with Crippen molar-refractivity contribution in [2.24, 2.45) is 0 Å². The summed E-state index contributed by atoms with van der Waals surface area (Å²) in [6.07, 6.45) is 1.89. The van der Waals surface area contributed by atoms with Gasteiger partial charge in [-0.1, -0.05) is 65.3 Å². The Bertz CT molecular complexity index is 1220. The Balaban J connectivity index is 2.15. The molecule has 0 atom stereocenters. The normalized spacial score (nSPS) is 11.1. The maximum Gasteiger partial charge on any atom is 0.256 e. The van der Waals surface area contributed by atoms with Crippen LogP contribution in [0.3, 0.4) is 0 Å². The fourth-order valence-corrected chi connectivity index (χ4v) is 3.72. The highest BCUT2D eigenvalue weighted by Crippen LogP contribution is 2.33. The van der Waals surface area contributed by atoms with Gasteiger partial charge in [-0.2, -0.15) is 0 Å². The van der Waals surface area contributed by atoms with Gasteiger partial charge in [0.2, 0.25) is 0 Å². The lowest BCUT2D eigenvalue weighted by Gasteiger charge is -2.14. The molecular formula is C20H13Cl2N3OS. The zero-order valence-corrected chi connectivity index (χ0v) is 16.5. The van der Waals surface area contributed by atoms with Crippen LogP contribution in [-0.2, 0) is 0 Å². The summed E-state index contributed by atoms with van der Waals surface area (Å²) in [6.45, 7) is 0. The molecular weight excluding hydrogens is 401 g/mol. The number of halogens is 2. The average molecular weight is 414 g/mol. The second-order valence-corrected chi connectivity index (χ2v) is 7.32. The zero-order valence-electron chi connectivity index (χ0n) is 14.2. The van der Waals surface area contributed by atoms with Gasteiger partial charge in [0, 0.05) is 22.0 Å². The molecule has 0 saturated carbocycles. The predicted molar refractivity (Wildman–Crippen MR) is 112 cm³/mol. The van der Waals surface area contributed by atoms with Crippen LogP contribution in [0.25, 0.3) is 28.0 Å². The van der Waals surface area contributed by atoms with Crippen LogP contribution in [0.2, 0.25) is 10.0 Å². The topological polar surface area (TPSA) is 47.8 Å². The van der Waals surface area contributed by atoms with E-state index in [2.05, 4.69) is 9.97 Å². The molecule has 0 radical (unpaired) electrons. The molecule has 0 aliphatic heterocycles. The van der Waals surface area contributed by atoms with Crippen LogP contribution < -0.4 is 5.56 Å². The smallest absolute Gasteiger partial charge is 0.256 e. The lowest BCUT2D eigenvalue weighted by Crippen LogP contribution is -2.19. The molecule has 4 aromatic rings. The lowest BCUT2D eigenvalue weighted by atomic mass is 10.1. The van der Waals surface area contributed by atoms with Gasteiger partial charge < -0.3 is 0 Å². The van der Waals surface area contributed by atoms with E-state index in [0.29, 0.717) is 32.2 Å². The molecule has 0 saturated heterocycles. The maximum atomic E-state index is 12.7. The summed E-state index contributed by atoms with van der Waals surface area (Å²) >= 11 is 14.2. The van der Waals surface area contributed by atoms with Gasteiger partial charge in [0.1, 0.15) is 0 Å². The van der Waals surface area contributed by atoms with E-state index in [9.17, 15) is 4.79 Å². The van der Waals surface area contributed by atoms with Crippen molar-refractivity contribution >= 4 is 46.0 Å². The van der Waals surface area contributed by atoms with E-state index in [1.165, 1.54) is 22.4 Å². The monoisotopic (exact) mass is 413 g/mol. The van der Waals surface area contributed by atoms with Crippen LogP contribution in [0.4, 0.5) is 0 Å². The molecule has 4 nitrogen and oxygen atoms in total. The fourth-order valence-electron chi connectivity index (χ4n) is 2.91. The Labute approximate surface area is 169 Å². The summed E-state index contributed by atoms with van der Waals surface area (Å²) < 4.78 is 1.51. The highest BCUT2D eigenvalue weighted by molar-refractivity contribution is 7.98. The van der Waals surface area contributed by atoms with Crippen LogP contribution in [0.15, 0.2) is 70.6 Å². The van der Waals surface area contributed by atoms with Crippen LogP contribution >= 0.6 is 35.0 Å². The van der Waals surface area contributed by atoms with Crippen molar-refractivity contribution in [2.75, 3.05) is 6.26 Å². The number of pyridine rings is 1. The first-order valence-electron chi connectivity index (χ1n) is 8.08. The molecule has 0 N–H and O–H groups in total. The number of fused-ring (bicyclic) bond motifs is 1. The number of rotatable bonds is 3. The first kappa shape index (κ1) is 18.0. The summed E-state index contributed by atoms with van der Waals surface area (Å²) in [7, 11) is 0. The number of hydrogen-bond donors (Lipinski definition) is 0. The van der Waals surface area contributed by atoms with Crippen LogP contribution in [0.5, 0.6) is 0 Å². The van der Waals surface area contributed by atoms with Crippen molar-refractivity contribution in [3.63, 3.8) is 0 Å². The van der Waals surface area contributed by atoms with Crippen LogP contribution in [0.1, 0.15) is 0 Å². The van der Waals surface area contributed by atoms with Gasteiger partial charge in [-0.05, 0) is 30.5 Å². The van der Waals surface area contributed by atoms with Gasteiger partial charge in [0.05, 0.1) is 16.4 Å². The Morgan fingerprint density at radius 3 is 2.30 bits per heavy atom. The fraction of sp³-hybridized carbons (Fsp3) is 0.0500. The predicted octanol–water partition coefficient (Wildman–Crippen LogP) is 5.48. The number of hydrogen-bond acceptors (Lipinski definition) is 4. The number of para-hydroxylation sites is 1. The highest BCUT2D eigenvalue weighted by Gasteiger charge is 2.17. The Kier molecular flexibility index (Phi) is 4.91. The minimum atomic E-state index is -0.216. The van der Waals surface area contributed by atoms with Crippen molar-refractivity contribution in [3.8, 4) is 16.9 Å². The third kappa shape index (κ3) is 3.23. The van der Waals surface area contributed by atoms with E-state index >= 15 is 0 Å². The first-order valence-corrected chi connectivity index (χ1v) is 10.1. The summed E-state index contributed by atoms with van der Waals surface area (Å²) in [5, 5.41) is 2.32. The second kappa shape index (κ2) is 7.35. The molecule has 0 unspecified atom stereocenters. The molecule has 134 valence electrons. The van der Waals surface area contributed by atoms with Gasteiger partial charge >= 0.3 is 0 Å². The van der Waals surface area contributed by atoms with Gasteiger partial charge in [0.15, 0.2) is 10.8 Å². The summed E-state index contributed by atoms with van der Waals surface area (Å²) in [5.41, 5.74) is 2.31. The van der Waals surface area contributed by atoms with Gasteiger partial charge in [-0.25, -0.2) is 9.97 Å². The Morgan fingerprint density at radius 2 is 1.59 bits per heavy atom. The Hall–Kier alpha value is -2.34. The minimum absolute atomic E-state index is 0.216. The third-order valence-electron chi connectivity index (χ3n) is 4.13. The SMILES string of the molecule is CSc1nc(-c2ccccc2Cl)c2ccc(=O)n(-c3ccccc3Cl)c2n1. The van der Waals surface area contributed by atoms with E-state index in [4.69, 9.17) is 23.2 Å². The molecule has 7 heteroatoms. The van der Waals surface area contributed by atoms with Gasteiger partial charge in [0.25, 0.3) is 5.56 Å². The van der Waals surface area contributed by atoms with E-state index in [-0.39, 0.29) is 5.56 Å². The van der Waals surface area contributed by atoms with Crippen LogP contribution in [-0.4, -0.2) is 20.8 Å². The van der Waals surface area contributed by atoms with E-state index in [1.807, 2.05) is 42.7 Å². The molecule has 27 heavy (non-hydrogen) atoms. The van der Waals surface area contributed by atoms with Crippen molar-refractivity contribution in [3.05, 3.63) is 81.1 Å². The number of aromatic nitrogens is 3. The van der Waals surface area contributed by atoms with Crippen LogP contribution in [0, 0.1) is 0 Å². The van der Waals surface area contributed by atoms with Crippen molar-refractivity contribution in [1.82, 2.24) is 14.5 Å².